The molecule has 0 fully saturated rings. The average molecular weight is 306 g/mol. The van der Waals surface area contributed by atoms with Crippen molar-refractivity contribution in [3.8, 4) is 12.5 Å². The van der Waals surface area contributed by atoms with Crippen LogP contribution >= 0.6 is 0 Å². The Labute approximate surface area is 130 Å². The summed E-state index contributed by atoms with van der Waals surface area (Å²) in [5.41, 5.74) is 0. The molecule has 0 aliphatic rings. The second-order valence-corrected chi connectivity index (χ2v) is 4.00. The smallest absolute Gasteiger partial charge is 0.243 e. The van der Waals surface area contributed by atoms with Gasteiger partial charge in [0.1, 0.15) is 24.8 Å². The molecule has 0 radical (unpaired) electrons. The van der Waals surface area contributed by atoms with Gasteiger partial charge in [-0.25, -0.2) is 28.8 Å². The number of hydrogen-bond acceptors (Lipinski definition) is 4. The molecule has 0 unspecified atom stereocenters. The minimum atomic E-state index is 0.500. The predicted octanol–water partition coefficient (Wildman–Crippen LogP) is -1.68. The number of nitrogens with zero attached hydrogens (tertiary/aromatic N) is 6. The summed E-state index contributed by atoms with van der Waals surface area (Å²) in [6.45, 7) is 6.36. The van der Waals surface area contributed by atoms with Crippen molar-refractivity contribution in [2.75, 3.05) is 0 Å². The lowest BCUT2D eigenvalue weighted by atomic mass is 10.7. The van der Waals surface area contributed by atoms with E-state index in [-0.39, 0.29) is 0 Å². The van der Waals surface area contributed by atoms with E-state index in [9.17, 15) is 0 Å². The maximum atomic E-state index is 8.24. The second kappa shape index (κ2) is 14.4. The van der Waals surface area contributed by atoms with Gasteiger partial charge in [-0.2, -0.15) is 0 Å². The molecule has 8 nitrogen and oxygen atoms in total. The Morgan fingerprint density at radius 3 is 1.23 bits per heavy atom. The second-order valence-electron chi connectivity index (χ2n) is 4.00. The fourth-order valence-corrected chi connectivity index (χ4v) is 1.38. The molecular weight excluding hydrogens is 284 g/mol. The highest BCUT2D eigenvalue weighted by Crippen LogP contribution is 1.79. The maximum Gasteiger partial charge on any atom is 0.243 e. The van der Waals surface area contributed by atoms with Gasteiger partial charge in [-0.3, -0.25) is 0 Å². The third-order valence-electron chi connectivity index (χ3n) is 2.38. The third-order valence-corrected chi connectivity index (χ3v) is 2.38. The van der Waals surface area contributed by atoms with Gasteiger partial charge in [0.2, 0.25) is 12.7 Å². The van der Waals surface area contributed by atoms with E-state index < -0.39 is 0 Å². The summed E-state index contributed by atoms with van der Waals surface area (Å²) in [5.74, 6) is 0. The van der Waals surface area contributed by atoms with E-state index in [1.165, 1.54) is 0 Å². The molecule has 0 atom stereocenters. The molecule has 0 N–H and O–H groups in total. The van der Waals surface area contributed by atoms with Gasteiger partial charge in [0.05, 0.1) is 27.2 Å². The number of aromatic nitrogens is 4. The number of hydrogen-bond donors (Lipinski definition) is 0. The first-order valence-electron chi connectivity index (χ1n) is 6.53. The molecule has 0 saturated carbocycles. The summed E-state index contributed by atoms with van der Waals surface area (Å²) >= 11 is 0. The minimum absolute atomic E-state index is 0.500. The topological polar surface area (TPSA) is 111 Å². The lowest BCUT2D eigenvalue weighted by molar-refractivity contribution is -0.671. The molecular formula is C14H22N6O2. The zero-order valence-electron chi connectivity index (χ0n) is 13.4. The Bertz CT molecular complexity index is 524. The first-order chi connectivity index (χ1) is 10.5. The number of nitriles is 2. The maximum absolute atomic E-state index is 8.24. The van der Waals surface area contributed by atoms with Crippen LogP contribution in [0, 0.1) is 23.0 Å². The SMILES string of the molecule is CCn1cc[n+](C)c1.CCn1cc[n+](C)c1.N#C[O-].N#C[O-]. The molecule has 0 aliphatic heterocycles. The van der Waals surface area contributed by atoms with E-state index in [4.69, 9.17) is 20.7 Å². The predicted molar refractivity (Wildman–Crippen MR) is 73.8 cm³/mol. The molecule has 2 heterocycles. The Morgan fingerprint density at radius 2 is 1.14 bits per heavy atom. The summed E-state index contributed by atoms with van der Waals surface area (Å²) in [6, 6.07) is 0. The lowest BCUT2D eigenvalue weighted by Gasteiger charge is -1.81. The highest BCUT2D eigenvalue weighted by Gasteiger charge is 1.92. The molecule has 22 heavy (non-hydrogen) atoms. The number of imidazole rings is 2. The molecule has 8 heteroatoms. The van der Waals surface area contributed by atoms with E-state index in [1.807, 2.05) is 35.6 Å². The normalized spacial score (nSPS) is 7.73. The summed E-state index contributed by atoms with van der Waals surface area (Å²) in [6.07, 6.45) is 13.3. The van der Waals surface area contributed by atoms with Gasteiger partial charge >= 0.3 is 0 Å². The number of aryl methyl sites for hydroxylation is 4. The van der Waals surface area contributed by atoms with Gasteiger partial charge in [0.25, 0.3) is 0 Å². The highest BCUT2D eigenvalue weighted by atomic mass is 16.2. The van der Waals surface area contributed by atoms with Crippen molar-refractivity contribution < 1.29 is 19.3 Å². The summed E-state index contributed by atoms with van der Waals surface area (Å²) in [7, 11) is 4.04. The third kappa shape index (κ3) is 12.1. The fraction of sp³-hybridized carbons (Fsp3) is 0.429. The molecule has 0 amide bonds. The molecule has 2 rings (SSSR count). The standard InChI is InChI=1S/2C6H11N2.2CHNO/c2*1-3-8-5-4-7(2)6-8;2*2-1-3/h2*4-6H,3H2,1-2H3;2*3H/q2*+1;;/p-2. The Balaban J connectivity index is 0. The zero-order chi connectivity index (χ0) is 17.4. The molecule has 2 aromatic rings. The van der Waals surface area contributed by atoms with Crippen molar-refractivity contribution in [2.24, 2.45) is 14.1 Å². The molecule has 0 bridgehead atoms. The molecule has 120 valence electrons. The van der Waals surface area contributed by atoms with Crippen molar-refractivity contribution in [1.29, 1.82) is 10.5 Å². The van der Waals surface area contributed by atoms with Gasteiger partial charge in [-0.15, -0.1) is 0 Å². The van der Waals surface area contributed by atoms with E-state index in [1.54, 1.807) is 0 Å². The van der Waals surface area contributed by atoms with Crippen molar-refractivity contribution in [3.05, 3.63) is 37.4 Å². The molecule has 0 aliphatic carbocycles. The lowest BCUT2D eigenvalue weighted by Crippen LogP contribution is -2.23. The average Bonchev–Trinajstić information content (AvgIpc) is 3.09. The molecule has 0 aromatic carbocycles. The molecule has 2 aromatic heterocycles. The first-order valence-corrected chi connectivity index (χ1v) is 6.53. The van der Waals surface area contributed by atoms with Gasteiger partial charge < -0.3 is 10.2 Å². The van der Waals surface area contributed by atoms with Crippen LogP contribution in [0.4, 0.5) is 0 Å². The van der Waals surface area contributed by atoms with Crippen LogP contribution in [0.3, 0.4) is 0 Å². The van der Waals surface area contributed by atoms with E-state index >= 15 is 0 Å². The van der Waals surface area contributed by atoms with Crippen LogP contribution in [0.25, 0.3) is 0 Å². The summed E-state index contributed by atoms with van der Waals surface area (Å²) < 4.78 is 8.31. The monoisotopic (exact) mass is 306 g/mol. The van der Waals surface area contributed by atoms with Crippen molar-refractivity contribution in [3.63, 3.8) is 0 Å². The van der Waals surface area contributed by atoms with Gasteiger partial charge in [0, 0.05) is 12.5 Å². The van der Waals surface area contributed by atoms with Gasteiger partial charge in [-0.05, 0) is 13.8 Å². The first kappa shape index (κ1) is 21.3. The van der Waals surface area contributed by atoms with Crippen LogP contribution in [0.15, 0.2) is 37.4 Å². The molecule has 0 spiro atoms. The summed E-state index contributed by atoms with van der Waals surface area (Å²) in [4.78, 5) is 0. The van der Waals surface area contributed by atoms with Gasteiger partial charge in [-0.1, -0.05) is 0 Å². The zero-order valence-corrected chi connectivity index (χ0v) is 13.4. The van der Waals surface area contributed by atoms with Crippen molar-refractivity contribution >= 4 is 0 Å². The Morgan fingerprint density at radius 1 is 0.864 bits per heavy atom. The van der Waals surface area contributed by atoms with Crippen LogP contribution in [0.5, 0.6) is 0 Å². The van der Waals surface area contributed by atoms with Gasteiger partial charge in [0.15, 0.2) is 0 Å². The highest BCUT2D eigenvalue weighted by molar-refractivity contribution is 4.64. The largest absolute Gasteiger partial charge is 0.812 e. The van der Waals surface area contributed by atoms with Crippen molar-refractivity contribution in [1.82, 2.24) is 9.13 Å². The Hall–Kier alpha value is -3.00. The van der Waals surface area contributed by atoms with Crippen LogP contribution < -0.4 is 19.3 Å². The fourth-order valence-electron chi connectivity index (χ4n) is 1.38. The molecule has 0 saturated heterocycles. The minimum Gasteiger partial charge on any atom is -0.812 e. The Kier molecular flexibility index (Phi) is 14.0. The van der Waals surface area contributed by atoms with Crippen LogP contribution in [0.1, 0.15) is 13.8 Å². The quantitative estimate of drug-likeness (QED) is 0.487. The number of rotatable bonds is 2. The van der Waals surface area contributed by atoms with Crippen molar-refractivity contribution in [2.45, 2.75) is 26.9 Å². The van der Waals surface area contributed by atoms with Crippen LogP contribution in [0.2, 0.25) is 0 Å². The van der Waals surface area contributed by atoms with E-state index in [2.05, 4.69) is 48.0 Å². The van der Waals surface area contributed by atoms with Crippen LogP contribution in [-0.2, 0) is 27.2 Å². The van der Waals surface area contributed by atoms with E-state index in [0.29, 0.717) is 12.5 Å². The van der Waals surface area contributed by atoms with Crippen LogP contribution in [-0.4, -0.2) is 9.13 Å². The summed E-state index contributed by atoms with van der Waals surface area (Å²) in [5, 5.41) is 30.0. The van der Waals surface area contributed by atoms with E-state index in [0.717, 1.165) is 13.1 Å².